The van der Waals surface area contributed by atoms with Crippen molar-refractivity contribution in [3.8, 4) is 11.1 Å². The van der Waals surface area contributed by atoms with Gasteiger partial charge in [0.1, 0.15) is 12.6 Å². The Morgan fingerprint density at radius 3 is 2.27 bits per heavy atom. The molecule has 0 saturated carbocycles. The molecule has 2 heterocycles. The Balaban J connectivity index is 1.22. The lowest BCUT2D eigenvalue weighted by atomic mass is 9.95. The van der Waals surface area contributed by atoms with E-state index in [1.165, 1.54) is 0 Å². The monoisotopic (exact) mass is 450 g/mol. The fraction of sp³-hybridized carbons (Fsp3) is 0.400. The van der Waals surface area contributed by atoms with Crippen molar-refractivity contribution >= 4 is 18.0 Å². The maximum Gasteiger partial charge on any atom is 0.407 e. The number of carbonyl (C=O) groups is 3. The number of alkyl carbamates (subject to hydrolysis) is 1. The summed E-state index contributed by atoms with van der Waals surface area (Å²) in [6.07, 6.45) is 1.32. The lowest BCUT2D eigenvalue weighted by Crippen LogP contribution is -2.52. The first kappa shape index (κ1) is 21.5. The quantitative estimate of drug-likeness (QED) is 0.598. The number of carboxylic acid groups (broad SMARTS) is 1. The number of rotatable bonds is 7. The molecule has 2 saturated heterocycles. The molecule has 172 valence electrons. The molecule has 3 aliphatic rings. The van der Waals surface area contributed by atoms with Crippen molar-refractivity contribution in [1.82, 2.24) is 10.6 Å². The summed E-state index contributed by atoms with van der Waals surface area (Å²) in [5.41, 5.74) is 4.36. The Morgan fingerprint density at radius 2 is 1.70 bits per heavy atom. The minimum Gasteiger partial charge on any atom is -0.481 e. The van der Waals surface area contributed by atoms with Crippen LogP contribution in [0.4, 0.5) is 4.79 Å². The zero-order chi connectivity index (χ0) is 22.9. The molecule has 0 spiro atoms. The van der Waals surface area contributed by atoms with Crippen LogP contribution in [0.1, 0.15) is 42.7 Å². The zero-order valence-electron chi connectivity index (χ0n) is 18.0. The van der Waals surface area contributed by atoms with Gasteiger partial charge in [-0.2, -0.15) is 0 Å². The summed E-state index contributed by atoms with van der Waals surface area (Å²) in [7, 11) is 0. The van der Waals surface area contributed by atoms with Gasteiger partial charge in [-0.3, -0.25) is 9.59 Å². The van der Waals surface area contributed by atoms with Crippen LogP contribution in [0.15, 0.2) is 48.5 Å². The average Bonchev–Trinajstić information content (AvgIpc) is 3.50. The van der Waals surface area contributed by atoms with E-state index in [2.05, 4.69) is 10.6 Å². The van der Waals surface area contributed by atoms with Gasteiger partial charge in [-0.15, -0.1) is 0 Å². The van der Waals surface area contributed by atoms with Crippen LogP contribution in [0.25, 0.3) is 11.1 Å². The van der Waals surface area contributed by atoms with Gasteiger partial charge in [-0.25, -0.2) is 4.79 Å². The highest BCUT2D eigenvalue weighted by molar-refractivity contribution is 5.89. The van der Waals surface area contributed by atoms with E-state index in [1.807, 2.05) is 48.5 Å². The Kier molecular flexibility index (Phi) is 5.76. The van der Waals surface area contributed by atoms with E-state index in [0.717, 1.165) is 35.1 Å². The molecule has 2 fully saturated rings. The van der Waals surface area contributed by atoms with Gasteiger partial charge in [0.05, 0.1) is 24.7 Å². The number of hydrogen-bond donors (Lipinski definition) is 3. The molecular weight excluding hydrogens is 424 g/mol. The number of ether oxygens (including phenoxy) is 2. The highest BCUT2D eigenvalue weighted by atomic mass is 16.5. The van der Waals surface area contributed by atoms with Crippen molar-refractivity contribution in [3.05, 3.63) is 59.7 Å². The number of nitrogens with one attached hydrogen (secondary N) is 2. The molecule has 3 N–H and O–H groups in total. The summed E-state index contributed by atoms with van der Waals surface area (Å²) in [6.45, 7) is 0.0848. The van der Waals surface area contributed by atoms with Gasteiger partial charge in [0, 0.05) is 5.92 Å². The number of hydrogen-bond acceptors (Lipinski definition) is 5. The minimum atomic E-state index is -1.22. The van der Waals surface area contributed by atoms with Crippen molar-refractivity contribution in [3.63, 3.8) is 0 Å². The molecular formula is C25H26N2O6. The molecule has 2 amide bonds. The van der Waals surface area contributed by atoms with E-state index in [1.54, 1.807) is 0 Å². The van der Waals surface area contributed by atoms with Crippen LogP contribution in [0, 0.1) is 0 Å². The van der Waals surface area contributed by atoms with E-state index in [0.29, 0.717) is 6.42 Å². The average molecular weight is 450 g/mol. The number of aliphatic carboxylic acids is 1. The maximum absolute atomic E-state index is 12.7. The van der Waals surface area contributed by atoms with Crippen molar-refractivity contribution in [2.75, 3.05) is 6.61 Å². The van der Waals surface area contributed by atoms with Crippen LogP contribution in [-0.2, 0) is 19.1 Å². The van der Waals surface area contributed by atoms with Gasteiger partial charge < -0.3 is 25.2 Å². The van der Waals surface area contributed by atoms with E-state index in [-0.39, 0.29) is 30.8 Å². The molecule has 8 heteroatoms. The number of carbonyl (C=O) groups excluding carboxylic acids is 2. The Hall–Kier alpha value is -3.39. The van der Waals surface area contributed by atoms with E-state index in [9.17, 15) is 19.5 Å². The van der Waals surface area contributed by atoms with Crippen molar-refractivity contribution < 1.29 is 29.0 Å². The SMILES string of the molecule is O=C(O)CC(NC(=O)OCC1c2ccccc2-c2ccccc21)C(=O)NC1CC2CCC1O2. The van der Waals surface area contributed by atoms with Crippen LogP contribution in [-0.4, -0.2) is 54.0 Å². The number of fused-ring (bicyclic) bond motifs is 5. The highest BCUT2D eigenvalue weighted by Crippen LogP contribution is 2.44. The summed E-state index contributed by atoms with van der Waals surface area (Å²) in [5.74, 6) is -1.84. The molecule has 4 atom stereocenters. The normalized spacial score (nSPS) is 23.5. The second-order valence-electron chi connectivity index (χ2n) is 8.85. The van der Waals surface area contributed by atoms with Crippen molar-refractivity contribution in [2.24, 2.45) is 0 Å². The van der Waals surface area contributed by atoms with Crippen LogP contribution in [0.5, 0.6) is 0 Å². The van der Waals surface area contributed by atoms with E-state index >= 15 is 0 Å². The molecule has 2 aromatic rings. The third-order valence-electron chi connectivity index (χ3n) is 6.76. The predicted octanol–water partition coefficient (Wildman–Crippen LogP) is 2.80. The second-order valence-corrected chi connectivity index (χ2v) is 8.85. The molecule has 2 aliphatic heterocycles. The summed E-state index contributed by atoms with van der Waals surface area (Å²) in [4.78, 5) is 36.6. The Labute approximate surface area is 191 Å². The van der Waals surface area contributed by atoms with E-state index in [4.69, 9.17) is 9.47 Å². The topological polar surface area (TPSA) is 114 Å². The summed E-state index contributed by atoms with van der Waals surface area (Å²) in [6, 6.07) is 14.6. The summed E-state index contributed by atoms with van der Waals surface area (Å²) >= 11 is 0. The molecule has 4 unspecified atom stereocenters. The molecule has 33 heavy (non-hydrogen) atoms. The molecule has 0 radical (unpaired) electrons. The third-order valence-corrected chi connectivity index (χ3v) is 6.76. The van der Waals surface area contributed by atoms with Gasteiger partial charge in [0.15, 0.2) is 0 Å². The zero-order valence-corrected chi connectivity index (χ0v) is 18.0. The van der Waals surface area contributed by atoms with E-state index < -0.39 is 30.4 Å². The fourth-order valence-electron chi connectivity index (χ4n) is 5.24. The van der Waals surface area contributed by atoms with Gasteiger partial charge in [-0.05, 0) is 41.5 Å². The highest BCUT2D eigenvalue weighted by Gasteiger charge is 2.42. The molecule has 5 rings (SSSR count). The molecule has 2 aromatic carbocycles. The van der Waals surface area contributed by atoms with Crippen LogP contribution in [0.2, 0.25) is 0 Å². The Morgan fingerprint density at radius 1 is 1.03 bits per heavy atom. The number of amides is 2. The summed E-state index contributed by atoms with van der Waals surface area (Å²) in [5, 5.41) is 14.5. The maximum atomic E-state index is 12.7. The minimum absolute atomic E-state index is 0.0427. The standard InChI is InChI=1S/C25H26N2O6/c28-23(29)12-21(24(30)26-20-11-14-9-10-22(20)33-14)27-25(31)32-13-19-17-7-3-1-5-15(17)16-6-2-4-8-18(16)19/h1-8,14,19-22H,9-13H2,(H,26,30)(H,27,31)(H,28,29). The van der Waals surface area contributed by atoms with Crippen molar-refractivity contribution in [1.29, 1.82) is 0 Å². The van der Waals surface area contributed by atoms with Crippen LogP contribution < -0.4 is 10.6 Å². The van der Waals surface area contributed by atoms with Gasteiger partial charge in [0.2, 0.25) is 5.91 Å². The largest absolute Gasteiger partial charge is 0.481 e. The lowest BCUT2D eigenvalue weighted by molar-refractivity contribution is -0.140. The smallest absolute Gasteiger partial charge is 0.407 e. The van der Waals surface area contributed by atoms with Gasteiger partial charge >= 0.3 is 12.1 Å². The molecule has 8 nitrogen and oxygen atoms in total. The fourth-order valence-corrected chi connectivity index (χ4v) is 5.24. The van der Waals surface area contributed by atoms with Gasteiger partial charge in [-0.1, -0.05) is 48.5 Å². The number of carboxylic acids is 1. The molecule has 1 aliphatic carbocycles. The van der Waals surface area contributed by atoms with Crippen LogP contribution in [0.3, 0.4) is 0 Å². The lowest BCUT2D eigenvalue weighted by Gasteiger charge is -2.24. The summed E-state index contributed by atoms with van der Waals surface area (Å²) < 4.78 is 11.2. The first-order valence-corrected chi connectivity index (χ1v) is 11.3. The molecule has 2 bridgehead atoms. The van der Waals surface area contributed by atoms with Crippen LogP contribution >= 0.6 is 0 Å². The predicted molar refractivity (Wildman–Crippen MR) is 119 cm³/mol. The molecule has 0 aromatic heterocycles. The van der Waals surface area contributed by atoms with Crippen molar-refractivity contribution in [2.45, 2.75) is 55.9 Å². The first-order valence-electron chi connectivity index (χ1n) is 11.3. The Bertz CT molecular complexity index is 1040. The van der Waals surface area contributed by atoms with Gasteiger partial charge in [0.25, 0.3) is 0 Å². The first-order chi connectivity index (χ1) is 16.0. The number of benzene rings is 2. The second kappa shape index (κ2) is 8.86. The third kappa shape index (κ3) is 4.30.